The molecule has 0 spiro atoms. The molecule has 0 bridgehead atoms. The van der Waals surface area contributed by atoms with E-state index in [9.17, 15) is 9.59 Å². The number of ketones is 1. The first-order valence-electron chi connectivity index (χ1n) is 8.12. The van der Waals surface area contributed by atoms with Gasteiger partial charge in [0.2, 0.25) is 5.91 Å². The predicted octanol–water partition coefficient (Wildman–Crippen LogP) is 2.28. The normalized spacial score (nSPS) is 15.8. The fourth-order valence-electron chi connectivity index (χ4n) is 2.96. The minimum absolute atomic E-state index is 0.0570. The van der Waals surface area contributed by atoms with Gasteiger partial charge < -0.3 is 10.2 Å². The summed E-state index contributed by atoms with van der Waals surface area (Å²) in [7, 11) is 1.98. The van der Waals surface area contributed by atoms with E-state index in [2.05, 4.69) is 5.32 Å². The van der Waals surface area contributed by atoms with Gasteiger partial charge in [0.05, 0.1) is 6.42 Å². The molecule has 120 valence electrons. The van der Waals surface area contributed by atoms with Crippen LogP contribution in [0.2, 0.25) is 0 Å². The third kappa shape index (κ3) is 4.67. The summed E-state index contributed by atoms with van der Waals surface area (Å²) in [5.41, 5.74) is 1.67. The van der Waals surface area contributed by atoms with Gasteiger partial charge in [-0.2, -0.15) is 0 Å². The number of hydrogen-bond donors (Lipinski definition) is 1. The van der Waals surface area contributed by atoms with E-state index < -0.39 is 0 Å². The third-order valence-corrected chi connectivity index (χ3v) is 4.49. The monoisotopic (exact) mass is 302 g/mol. The highest BCUT2D eigenvalue weighted by Crippen LogP contribution is 2.20. The Morgan fingerprint density at radius 2 is 1.82 bits per heavy atom. The minimum atomic E-state index is 0.0570. The Morgan fingerprint density at radius 3 is 2.36 bits per heavy atom. The van der Waals surface area contributed by atoms with E-state index in [0.29, 0.717) is 12.0 Å². The van der Waals surface area contributed by atoms with E-state index in [1.54, 1.807) is 19.1 Å². The Labute approximate surface area is 132 Å². The van der Waals surface area contributed by atoms with Crippen LogP contribution in [0.15, 0.2) is 24.3 Å². The Morgan fingerprint density at radius 1 is 1.18 bits per heavy atom. The molecular formula is C18H26N2O2. The summed E-state index contributed by atoms with van der Waals surface area (Å²) in [6, 6.07) is 7.37. The van der Waals surface area contributed by atoms with Crippen molar-refractivity contribution in [3.05, 3.63) is 35.4 Å². The van der Waals surface area contributed by atoms with Gasteiger partial charge in [-0.3, -0.25) is 9.59 Å². The van der Waals surface area contributed by atoms with Crippen LogP contribution in [-0.4, -0.2) is 43.3 Å². The van der Waals surface area contributed by atoms with Crippen molar-refractivity contribution in [1.82, 2.24) is 10.2 Å². The van der Waals surface area contributed by atoms with E-state index in [0.717, 1.165) is 44.0 Å². The summed E-state index contributed by atoms with van der Waals surface area (Å²) in [6.45, 7) is 4.36. The first kappa shape index (κ1) is 16.7. The SMILES string of the molecule is CNCCC1CCN(C(=O)Cc2ccc(C(C)=O)cc2)CC1. The summed E-state index contributed by atoms with van der Waals surface area (Å²) < 4.78 is 0. The van der Waals surface area contributed by atoms with Gasteiger partial charge in [0.25, 0.3) is 0 Å². The second-order valence-electron chi connectivity index (χ2n) is 6.15. The number of carbonyl (C=O) groups excluding carboxylic acids is 2. The maximum absolute atomic E-state index is 12.4. The summed E-state index contributed by atoms with van der Waals surface area (Å²) >= 11 is 0. The van der Waals surface area contributed by atoms with Crippen LogP contribution in [0.25, 0.3) is 0 Å². The van der Waals surface area contributed by atoms with Crippen molar-refractivity contribution < 1.29 is 9.59 Å². The zero-order chi connectivity index (χ0) is 15.9. The Balaban J connectivity index is 1.81. The number of nitrogens with zero attached hydrogens (tertiary/aromatic N) is 1. The lowest BCUT2D eigenvalue weighted by Gasteiger charge is -2.32. The van der Waals surface area contributed by atoms with Gasteiger partial charge in [0.1, 0.15) is 0 Å². The van der Waals surface area contributed by atoms with Gasteiger partial charge >= 0.3 is 0 Å². The third-order valence-electron chi connectivity index (χ3n) is 4.49. The van der Waals surface area contributed by atoms with Gasteiger partial charge in [-0.1, -0.05) is 24.3 Å². The van der Waals surface area contributed by atoms with Crippen molar-refractivity contribution in [2.24, 2.45) is 5.92 Å². The highest BCUT2D eigenvalue weighted by atomic mass is 16.2. The van der Waals surface area contributed by atoms with Crippen molar-refractivity contribution in [2.45, 2.75) is 32.6 Å². The maximum Gasteiger partial charge on any atom is 0.226 e. The van der Waals surface area contributed by atoms with Crippen LogP contribution < -0.4 is 5.32 Å². The molecule has 2 rings (SSSR count). The van der Waals surface area contributed by atoms with Gasteiger partial charge in [-0.15, -0.1) is 0 Å². The lowest BCUT2D eigenvalue weighted by atomic mass is 9.93. The van der Waals surface area contributed by atoms with Gasteiger partial charge in [-0.05, 0) is 51.3 Å². The highest BCUT2D eigenvalue weighted by molar-refractivity contribution is 5.94. The van der Waals surface area contributed by atoms with Crippen LogP contribution in [0, 0.1) is 5.92 Å². The molecule has 1 aliphatic heterocycles. The molecule has 1 N–H and O–H groups in total. The number of piperidine rings is 1. The molecule has 1 saturated heterocycles. The Kier molecular flexibility index (Phi) is 6.13. The smallest absolute Gasteiger partial charge is 0.226 e. The van der Waals surface area contributed by atoms with Gasteiger partial charge in [-0.25, -0.2) is 0 Å². The Hall–Kier alpha value is -1.68. The molecule has 0 aliphatic carbocycles. The lowest BCUT2D eigenvalue weighted by molar-refractivity contribution is -0.131. The second kappa shape index (κ2) is 8.08. The van der Waals surface area contributed by atoms with E-state index in [-0.39, 0.29) is 11.7 Å². The fraction of sp³-hybridized carbons (Fsp3) is 0.556. The summed E-state index contributed by atoms with van der Waals surface area (Å²) in [5.74, 6) is 0.996. The molecule has 1 aliphatic rings. The predicted molar refractivity (Wildman–Crippen MR) is 88.0 cm³/mol. The molecule has 4 nitrogen and oxygen atoms in total. The molecule has 1 heterocycles. The number of amides is 1. The van der Waals surface area contributed by atoms with Crippen molar-refractivity contribution in [3.8, 4) is 0 Å². The van der Waals surface area contributed by atoms with E-state index >= 15 is 0 Å². The molecule has 0 saturated carbocycles. The molecule has 0 unspecified atom stereocenters. The quantitative estimate of drug-likeness (QED) is 0.820. The average molecular weight is 302 g/mol. The zero-order valence-electron chi connectivity index (χ0n) is 13.6. The van der Waals surface area contributed by atoms with Crippen LogP contribution >= 0.6 is 0 Å². The number of likely N-dealkylation sites (tertiary alicyclic amines) is 1. The molecule has 0 radical (unpaired) electrons. The second-order valence-corrected chi connectivity index (χ2v) is 6.15. The van der Waals surface area contributed by atoms with Gasteiger partial charge in [0.15, 0.2) is 5.78 Å². The van der Waals surface area contributed by atoms with Crippen LogP contribution in [0.3, 0.4) is 0 Å². The van der Waals surface area contributed by atoms with E-state index in [4.69, 9.17) is 0 Å². The summed E-state index contributed by atoms with van der Waals surface area (Å²) in [4.78, 5) is 25.6. The fourth-order valence-corrected chi connectivity index (χ4v) is 2.96. The first-order valence-corrected chi connectivity index (χ1v) is 8.12. The highest BCUT2D eigenvalue weighted by Gasteiger charge is 2.22. The first-order chi connectivity index (χ1) is 10.6. The number of nitrogens with one attached hydrogen (secondary N) is 1. The zero-order valence-corrected chi connectivity index (χ0v) is 13.6. The average Bonchev–Trinajstić information content (AvgIpc) is 2.54. The standard InChI is InChI=1S/C18H26N2O2/c1-14(21)17-5-3-16(4-6-17)13-18(22)20-11-8-15(9-12-20)7-10-19-2/h3-6,15,19H,7-13H2,1-2H3. The van der Waals surface area contributed by atoms with Crippen LogP contribution in [0.1, 0.15) is 42.1 Å². The molecule has 0 atom stereocenters. The molecule has 0 aromatic heterocycles. The summed E-state index contributed by atoms with van der Waals surface area (Å²) in [6.07, 6.45) is 3.85. The van der Waals surface area contributed by atoms with E-state index in [1.165, 1.54) is 6.42 Å². The number of rotatable bonds is 6. The number of benzene rings is 1. The van der Waals surface area contributed by atoms with Crippen molar-refractivity contribution in [3.63, 3.8) is 0 Å². The number of carbonyl (C=O) groups is 2. The molecule has 4 heteroatoms. The van der Waals surface area contributed by atoms with E-state index in [1.807, 2.05) is 24.1 Å². The topological polar surface area (TPSA) is 49.4 Å². The number of Topliss-reactive ketones (excluding diaryl/α,β-unsaturated/α-hetero) is 1. The molecule has 1 aromatic carbocycles. The Bertz CT molecular complexity index is 502. The molecule has 1 aromatic rings. The largest absolute Gasteiger partial charge is 0.342 e. The van der Waals surface area contributed by atoms with Crippen LogP contribution in [-0.2, 0) is 11.2 Å². The maximum atomic E-state index is 12.4. The molecule has 22 heavy (non-hydrogen) atoms. The summed E-state index contributed by atoms with van der Waals surface area (Å²) in [5, 5.41) is 3.19. The molecule has 1 fully saturated rings. The van der Waals surface area contributed by atoms with Crippen molar-refractivity contribution >= 4 is 11.7 Å². The van der Waals surface area contributed by atoms with Crippen LogP contribution in [0.4, 0.5) is 0 Å². The molecule has 1 amide bonds. The van der Waals surface area contributed by atoms with Crippen molar-refractivity contribution in [2.75, 3.05) is 26.7 Å². The van der Waals surface area contributed by atoms with Crippen molar-refractivity contribution in [1.29, 1.82) is 0 Å². The van der Waals surface area contributed by atoms with Gasteiger partial charge in [0, 0.05) is 18.7 Å². The molecular weight excluding hydrogens is 276 g/mol. The van der Waals surface area contributed by atoms with Crippen LogP contribution in [0.5, 0.6) is 0 Å². The number of hydrogen-bond acceptors (Lipinski definition) is 3. The lowest BCUT2D eigenvalue weighted by Crippen LogP contribution is -2.39. The minimum Gasteiger partial charge on any atom is -0.342 e.